The third-order valence-electron chi connectivity index (χ3n) is 2.32. The molecule has 19 heavy (non-hydrogen) atoms. The second kappa shape index (κ2) is 5.22. The van der Waals surface area contributed by atoms with E-state index in [0.29, 0.717) is 5.56 Å². The number of aryl methyl sites for hydroxylation is 2. The maximum Gasteiger partial charge on any atom is 0.320 e. The molecule has 0 amide bonds. The quantitative estimate of drug-likeness (QED) is 0.615. The maximum atomic E-state index is 11.5. The number of hydrogen-bond acceptors (Lipinski definition) is 5. The van der Waals surface area contributed by atoms with E-state index in [4.69, 9.17) is 5.11 Å². The van der Waals surface area contributed by atoms with Crippen molar-refractivity contribution in [2.24, 2.45) is 0 Å². The van der Waals surface area contributed by atoms with Gasteiger partial charge in [-0.05, 0) is 25.5 Å². The number of benzene rings is 1. The number of nitro groups is 1. The summed E-state index contributed by atoms with van der Waals surface area (Å²) < 4.78 is 25.0. The number of aliphatic carboxylic acids is 1. The molecule has 1 rings (SSSR count). The molecule has 0 saturated carbocycles. The zero-order chi connectivity index (χ0) is 14.8. The Kier molecular flexibility index (Phi) is 4.10. The molecule has 9 heteroatoms. The Morgan fingerprint density at radius 1 is 1.37 bits per heavy atom. The lowest BCUT2D eigenvalue weighted by molar-refractivity contribution is -0.385. The topological polar surface area (TPSA) is 127 Å². The molecule has 0 aliphatic rings. The van der Waals surface area contributed by atoms with Crippen molar-refractivity contribution < 1.29 is 23.2 Å². The number of carbonyl (C=O) groups is 1. The highest BCUT2D eigenvalue weighted by atomic mass is 32.2. The minimum Gasteiger partial charge on any atom is -0.480 e. The molecule has 0 aliphatic heterocycles. The Morgan fingerprint density at radius 3 is 2.42 bits per heavy atom. The van der Waals surface area contributed by atoms with Crippen LogP contribution in [0.5, 0.6) is 0 Å². The molecule has 0 bridgehead atoms. The number of anilines is 1. The van der Waals surface area contributed by atoms with Gasteiger partial charge in [0.25, 0.3) is 5.69 Å². The Labute approximate surface area is 109 Å². The molecule has 0 radical (unpaired) electrons. The van der Waals surface area contributed by atoms with Crippen molar-refractivity contribution in [3.8, 4) is 0 Å². The van der Waals surface area contributed by atoms with E-state index in [0.717, 1.165) is 0 Å². The van der Waals surface area contributed by atoms with E-state index in [1.165, 1.54) is 26.0 Å². The Hall–Kier alpha value is -2.16. The second-order valence-electron chi connectivity index (χ2n) is 3.97. The largest absolute Gasteiger partial charge is 0.480 e. The van der Waals surface area contributed by atoms with Crippen LogP contribution in [-0.4, -0.2) is 30.2 Å². The van der Waals surface area contributed by atoms with Gasteiger partial charge in [-0.3, -0.25) is 19.6 Å². The lowest BCUT2D eigenvalue weighted by atomic mass is 10.1. The van der Waals surface area contributed by atoms with E-state index >= 15 is 0 Å². The van der Waals surface area contributed by atoms with Crippen LogP contribution < -0.4 is 4.72 Å². The monoisotopic (exact) mass is 288 g/mol. The number of carboxylic acids is 1. The van der Waals surface area contributed by atoms with Gasteiger partial charge in [-0.2, -0.15) is 0 Å². The van der Waals surface area contributed by atoms with Crippen LogP contribution in [0.25, 0.3) is 0 Å². The van der Waals surface area contributed by atoms with Crippen LogP contribution in [-0.2, 0) is 14.8 Å². The van der Waals surface area contributed by atoms with Crippen LogP contribution in [0.4, 0.5) is 11.4 Å². The van der Waals surface area contributed by atoms with Crippen LogP contribution in [0.15, 0.2) is 12.1 Å². The zero-order valence-electron chi connectivity index (χ0n) is 10.2. The highest BCUT2D eigenvalue weighted by Crippen LogP contribution is 2.26. The first-order chi connectivity index (χ1) is 8.62. The summed E-state index contributed by atoms with van der Waals surface area (Å²) in [6.45, 7) is 2.96. The second-order valence-corrected chi connectivity index (χ2v) is 5.69. The molecule has 1 aromatic rings. The third-order valence-corrected chi connectivity index (χ3v) is 3.48. The summed E-state index contributed by atoms with van der Waals surface area (Å²) >= 11 is 0. The van der Waals surface area contributed by atoms with Crippen LogP contribution in [0.1, 0.15) is 11.1 Å². The number of carboxylic acid groups (broad SMARTS) is 1. The maximum absolute atomic E-state index is 11.5. The molecule has 0 unspecified atom stereocenters. The van der Waals surface area contributed by atoms with Crippen LogP contribution in [0.2, 0.25) is 0 Å². The van der Waals surface area contributed by atoms with Gasteiger partial charge < -0.3 is 5.11 Å². The Morgan fingerprint density at radius 2 is 1.95 bits per heavy atom. The van der Waals surface area contributed by atoms with E-state index in [2.05, 4.69) is 4.72 Å². The fourth-order valence-corrected chi connectivity index (χ4v) is 2.43. The van der Waals surface area contributed by atoms with Gasteiger partial charge in [0.2, 0.25) is 10.0 Å². The smallest absolute Gasteiger partial charge is 0.320 e. The average Bonchev–Trinajstić information content (AvgIpc) is 2.19. The third kappa shape index (κ3) is 3.91. The van der Waals surface area contributed by atoms with Gasteiger partial charge in [0, 0.05) is 11.6 Å². The lowest BCUT2D eigenvalue weighted by Crippen LogP contribution is -2.22. The SMILES string of the molecule is Cc1cc([N+](=O)[O-])c(C)cc1NS(=O)(=O)CC(=O)O. The van der Waals surface area contributed by atoms with Crippen molar-refractivity contribution in [2.75, 3.05) is 10.5 Å². The van der Waals surface area contributed by atoms with E-state index in [9.17, 15) is 23.3 Å². The number of nitrogens with one attached hydrogen (secondary N) is 1. The van der Waals surface area contributed by atoms with Crippen molar-refractivity contribution in [1.29, 1.82) is 0 Å². The van der Waals surface area contributed by atoms with Gasteiger partial charge in [-0.1, -0.05) is 0 Å². The summed E-state index contributed by atoms with van der Waals surface area (Å²) in [7, 11) is -4.03. The van der Waals surface area contributed by atoms with Gasteiger partial charge in [0.1, 0.15) is 0 Å². The molecule has 0 aromatic heterocycles. The van der Waals surface area contributed by atoms with Crippen LogP contribution >= 0.6 is 0 Å². The van der Waals surface area contributed by atoms with E-state index in [-0.39, 0.29) is 16.9 Å². The number of hydrogen-bond donors (Lipinski definition) is 2. The normalized spacial score (nSPS) is 11.1. The van der Waals surface area contributed by atoms with Crippen LogP contribution in [0, 0.1) is 24.0 Å². The lowest BCUT2D eigenvalue weighted by Gasteiger charge is -2.10. The van der Waals surface area contributed by atoms with Gasteiger partial charge >= 0.3 is 5.97 Å². The molecule has 0 aliphatic carbocycles. The zero-order valence-corrected chi connectivity index (χ0v) is 11.0. The van der Waals surface area contributed by atoms with Crippen molar-refractivity contribution in [3.05, 3.63) is 33.4 Å². The first-order valence-corrected chi connectivity index (χ1v) is 6.75. The Bertz CT molecular complexity index is 638. The molecule has 0 heterocycles. The number of sulfonamides is 1. The van der Waals surface area contributed by atoms with E-state index < -0.39 is 26.7 Å². The summed E-state index contributed by atoms with van der Waals surface area (Å²) in [4.78, 5) is 20.5. The molecule has 0 saturated heterocycles. The average molecular weight is 288 g/mol. The molecular weight excluding hydrogens is 276 g/mol. The Balaban J connectivity index is 3.14. The number of nitrogens with zero attached hydrogens (tertiary/aromatic N) is 1. The number of nitro benzene ring substituents is 1. The molecule has 8 nitrogen and oxygen atoms in total. The number of rotatable bonds is 5. The highest BCUT2D eigenvalue weighted by Gasteiger charge is 2.19. The minimum absolute atomic E-state index is 0.126. The fourth-order valence-electron chi connectivity index (χ4n) is 1.47. The molecule has 0 spiro atoms. The molecule has 2 N–H and O–H groups in total. The van der Waals surface area contributed by atoms with Crippen molar-refractivity contribution in [3.63, 3.8) is 0 Å². The molecule has 104 valence electrons. The summed E-state index contributed by atoms with van der Waals surface area (Å²) in [5.74, 6) is -2.55. The molecular formula is C10H12N2O6S. The standard InChI is InChI=1S/C10H12N2O6S/c1-6-4-9(12(15)16)7(2)3-8(6)11-19(17,18)5-10(13)14/h3-4,11H,5H2,1-2H3,(H,13,14). The van der Waals surface area contributed by atoms with E-state index in [1.54, 1.807) is 0 Å². The minimum atomic E-state index is -4.03. The first-order valence-electron chi connectivity index (χ1n) is 5.10. The predicted octanol–water partition coefficient (Wildman–Crippen LogP) is 1.04. The van der Waals surface area contributed by atoms with Crippen LogP contribution in [0.3, 0.4) is 0 Å². The van der Waals surface area contributed by atoms with Crippen molar-refractivity contribution in [1.82, 2.24) is 0 Å². The fraction of sp³-hybridized carbons (Fsp3) is 0.300. The van der Waals surface area contributed by atoms with Gasteiger partial charge in [-0.25, -0.2) is 8.42 Å². The van der Waals surface area contributed by atoms with Crippen molar-refractivity contribution in [2.45, 2.75) is 13.8 Å². The summed E-state index contributed by atoms with van der Waals surface area (Å²) in [5.41, 5.74) is 0.623. The molecule has 1 aromatic carbocycles. The van der Waals surface area contributed by atoms with E-state index in [1.807, 2.05) is 0 Å². The summed E-state index contributed by atoms with van der Waals surface area (Å²) in [5, 5.41) is 19.2. The van der Waals surface area contributed by atoms with Gasteiger partial charge in [-0.15, -0.1) is 0 Å². The predicted molar refractivity (Wildman–Crippen MR) is 67.6 cm³/mol. The van der Waals surface area contributed by atoms with Gasteiger partial charge in [0.05, 0.1) is 10.6 Å². The molecule has 0 atom stereocenters. The highest BCUT2D eigenvalue weighted by molar-refractivity contribution is 7.93. The summed E-state index contributed by atoms with van der Waals surface area (Å²) in [6.07, 6.45) is 0. The first kappa shape index (κ1) is 14.9. The van der Waals surface area contributed by atoms with Crippen molar-refractivity contribution >= 4 is 27.4 Å². The molecule has 0 fully saturated rings. The summed E-state index contributed by atoms with van der Waals surface area (Å²) in [6, 6.07) is 2.53. The van der Waals surface area contributed by atoms with Gasteiger partial charge in [0.15, 0.2) is 5.75 Å².